The Morgan fingerprint density at radius 1 is 1.26 bits per heavy atom. The molecular formula is C15H22N2O2. The van der Waals surface area contributed by atoms with Gasteiger partial charge in [-0.15, -0.1) is 0 Å². The number of benzene rings is 1. The van der Waals surface area contributed by atoms with Crippen molar-refractivity contribution in [2.45, 2.75) is 31.8 Å². The largest absolute Gasteiger partial charge is 0.381 e. The van der Waals surface area contributed by atoms with E-state index in [1.54, 1.807) is 7.05 Å². The number of nitrogens with one attached hydrogen (secondary N) is 2. The molecule has 0 aliphatic carbocycles. The number of carbonyl (C=O) groups excluding carboxylic acids is 1. The molecule has 0 bridgehead atoms. The maximum absolute atomic E-state index is 11.4. The molecule has 1 aromatic carbocycles. The molecule has 2 rings (SSSR count). The Balaban J connectivity index is 1.83. The van der Waals surface area contributed by atoms with Gasteiger partial charge in [-0.1, -0.05) is 12.1 Å². The summed E-state index contributed by atoms with van der Waals surface area (Å²) in [5.74, 6) is -0.0413. The zero-order chi connectivity index (χ0) is 13.5. The van der Waals surface area contributed by atoms with Crippen molar-refractivity contribution in [2.75, 3.05) is 20.3 Å². The average molecular weight is 262 g/mol. The molecule has 1 fully saturated rings. The molecule has 1 amide bonds. The van der Waals surface area contributed by atoms with Crippen LogP contribution in [0.5, 0.6) is 0 Å². The zero-order valence-corrected chi connectivity index (χ0v) is 11.4. The van der Waals surface area contributed by atoms with Crippen LogP contribution in [0.25, 0.3) is 0 Å². The molecule has 0 spiro atoms. The molecule has 4 heteroatoms. The monoisotopic (exact) mass is 262 g/mol. The molecule has 1 aliphatic rings. The molecule has 1 unspecified atom stereocenters. The summed E-state index contributed by atoms with van der Waals surface area (Å²) in [4.78, 5) is 11.4. The van der Waals surface area contributed by atoms with Gasteiger partial charge in [0.2, 0.25) is 0 Å². The third-order valence-corrected chi connectivity index (χ3v) is 3.49. The van der Waals surface area contributed by atoms with Crippen molar-refractivity contribution < 1.29 is 9.53 Å². The van der Waals surface area contributed by atoms with Gasteiger partial charge >= 0.3 is 0 Å². The minimum absolute atomic E-state index is 0.0413. The van der Waals surface area contributed by atoms with E-state index in [1.165, 1.54) is 12.0 Å². The van der Waals surface area contributed by atoms with E-state index < -0.39 is 0 Å². The van der Waals surface area contributed by atoms with E-state index in [0.717, 1.165) is 32.6 Å². The lowest BCUT2D eigenvalue weighted by atomic mass is 10.1. The number of hydrogen-bond acceptors (Lipinski definition) is 3. The molecule has 0 saturated carbocycles. The first-order valence-corrected chi connectivity index (χ1v) is 6.92. The summed E-state index contributed by atoms with van der Waals surface area (Å²) in [6.07, 6.45) is 3.39. The topological polar surface area (TPSA) is 50.4 Å². The fourth-order valence-corrected chi connectivity index (χ4v) is 2.29. The fourth-order valence-electron chi connectivity index (χ4n) is 2.29. The van der Waals surface area contributed by atoms with Crippen LogP contribution in [0, 0.1) is 0 Å². The maximum atomic E-state index is 11.4. The van der Waals surface area contributed by atoms with Crippen LogP contribution in [0.3, 0.4) is 0 Å². The Kier molecular flexibility index (Phi) is 5.36. The van der Waals surface area contributed by atoms with Gasteiger partial charge in [-0.3, -0.25) is 4.79 Å². The molecule has 1 aromatic rings. The SMILES string of the molecule is CNC(=O)c1ccc(CNC2CCCOCC2)cc1. The van der Waals surface area contributed by atoms with Gasteiger partial charge in [0.25, 0.3) is 5.91 Å². The van der Waals surface area contributed by atoms with Gasteiger partial charge in [0.05, 0.1) is 0 Å². The predicted molar refractivity (Wildman–Crippen MR) is 75.1 cm³/mol. The summed E-state index contributed by atoms with van der Waals surface area (Å²) in [6, 6.07) is 8.29. The van der Waals surface area contributed by atoms with Gasteiger partial charge in [0.15, 0.2) is 0 Å². The van der Waals surface area contributed by atoms with Crippen LogP contribution in [0.4, 0.5) is 0 Å². The Hall–Kier alpha value is -1.39. The zero-order valence-electron chi connectivity index (χ0n) is 11.4. The molecule has 2 N–H and O–H groups in total. The number of hydrogen-bond donors (Lipinski definition) is 2. The third kappa shape index (κ3) is 4.33. The molecule has 0 aromatic heterocycles. The maximum Gasteiger partial charge on any atom is 0.251 e. The van der Waals surface area contributed by atoms with Crippen LogP contribution in [0.15, 0.2) is 24.3 Å². The minimum Gasteiger partial charge on any atom is -0.381 e. The Morgan fingerprint density at radius 2 is 2.05 bits per heavy atom. The summed E-state index contributed by atoms with van der Waals surface area (Å²) in [5, 5.41) is 6.18. The molecule has 1 aliphatic heterocycles. The Bertz CT molecular complexity index is 395. The molecule has 19 heavy (non-hydrogen) atoms. The van der Waals surface area contributed by atoms with Gasteiger partial charge in [-0.2, -0.15) is 0 Å². The van der Waals surface area contributed by atoms with Crippen LogP contribution < -0.4 is 10.6 Å². The standard InChI is InChI=1S/C15H22N2O2/c1-16-15(18)13-6-4-12(5-7-13)11-17-14-3-2-9-19-10-8-14/h4-7,14,17H,2-3,8-11H2,1H3,(H,16,18). The summed E-state index contributed by atoms with van der Waals surface area (Å²) < 4.78 is 5.45. The first-order chi connectivity index (χ1) is 9.29. The average Bonchev–Trinajstić information content (AvgIpc) is 2.73. The van der Waals surface area contributed by atoms with E-state index in [1.807, 2.05) is 24.3 Å². The van der Waals surface area contributed by atoms with Crippen LogP contribution in [0.2, 0.25) is 0 Å². The predicted octanol–water partition coefficient (Wildman–Crippen LogP) is 1.70. The highest BCUT2D eigenvalue weighted by Gasteiger charge is 2.11. The van der Waals surface area contributed by atoms with E-state index >= 15 is 0 Å². The molecule has 0 radical (unpaired) electrons. The van der Waals surface area contributed by atoms with E-state index in [9.17, 15) is 4.79 Å². The smallest absolute Gasteiger partial charge is 0.251 e. The van der Waals surface area contributed by atoms with Crippen molar-refractivity contribution >= 4 is 5.91 Å². The number of rotatable bonds is 4. The lowest BCUT2D eigenvalue weighted by Gasteiger charge is -2.15. The van der Waals surface area contributed by atoms with Crippen molar-refractivity contribution in [1.29, 1.82) is 0 Å². The number of carbonyl (C=O) groups is 1. The summed E-state index contributed by atoms with van der Waals surface area (Å²) in [7, 11) is 1.64. The lowest BCUT2D eigenvalue weighted by molar-refractivity contribution is 0.0963. The van der Waals surface area contributed by atoms with Crippen LogP contribution in [-0.2, 0) is 11.3 Å². The van der Waals surface area contributed by atoms with Crippen LogP contribution in [0.1, 0.15) is 35.2 Å². The quantitative estimate of drug-likeness (QED) is 0.868. The van der Waals surface area contributed by atoms with Crippen LogP contribution in [-0.4, -0.2) is 32.2 Å². The summed E-state index contributed by atoms with van der Waals surface area (Å²) in [5.41, 5.74) is 1.91. The fraction of sp³-hybridized carbons (Fsp3) is 0.533. The summed E-state index contributed by atoms with van der Waals surface area (Å²) >= 11 is 0. The van der Waals surface area contributed by atoms with Crippen molar-refractivity contribution in [1.82, 2.24) is 10.6 Å². The number of amides is 1. The summed E-state index contributed by atoms with van der Waals surface area (Å²) in [6.45, 7) is 2.59. The van der Waals surface area contributed by atoms with E-state index in [0.29, 0.717) is 11.6 Å². The normalized spacial score (nSPS) is 19.7. The number of ether oxygens (including phenoxy) is 1. The lowest BCUT2D eigenvalue weighted by Crippen LogP contribution is -2.28. The van der Waals surface area contributed by atoms with E-state index in [-0.39, 0.29) is 5.91 Å². The van der Waals surface area contributed by atoms with Gasteiger partial charge in [0, 0.05) is 38.4 Å². The van der Waals surface area contributed by atoms with Gasteiger partial charge in [0.1, 0.15) is 0 Å². The van der Waals surface area contributed by atoms with Crippen molar-refractivity contribution in [3.8, 4) is 0 Å². The van der Waals surface area contributed by atoms with Gasteiger partial charge in [-0.05, 0) is 37.0 Å². The molecule has 4 nitrogen and oxygen atoms in total. The van der Waals surface area contributed by atoms with Crippen molar-refractivity contribution in [2.24, 2.45) is 0 Å². The van der Waals surface area contributed by atoms with Crippen molar-refractivity contribution in [3.63, 3.8) is 0 Å². The van der Waals surface area contributed by atoms with E-state index in [2.05, 4.69) is 10.6 Å². The molecule has 1 saturated heterocycles. The highest BCUT2D eigenvalue weighted by molar-refractivity contribution is 5.93. The Labute approximate surface area is 114 Å². The second-order valence-electron chi connectivity index (χ2n) is 4.90. The van der Waals surface area contributed by atoms with Crippen molar-refractivity contribution in [3.05, 3.63) is 35.4 Å². The molecule has 1 atom stereocenters. The Morgan fingerprint density at radius 3 is 2.79 bits per heavy atom. The molecular weight excluding hydrogens is 240 g/mol. The van der Waals surface area contributed by atoms with Gasteiger partial charge in [-0.25, -0.2) is 0 Å². The first-order valence-electron chi connectivity index (χ1n) is 6.92. The molecule has 1 heterocycles. The highest BCUT2D eigenvalue weighted by atomic mass is 16.5. The van der Waals surface area contributed by atoms with E-state index in [4.69, 9.17) is 4.74 Å². The third-order valence-electron chi connectivity index (χ3n) is 3.49. The molecule has 104 valence electrons. The minimum atomic E-state index is -0.0413. The van der Waals surface area contributed by atoms with Gasteiger partial charge < -0.3 is 15.4 Å². The second kappa shape index (κ2) is 7.26. The van der Waals surface area contributed by atoms with Crippen LogP contribution >= 0.6 is 0 Å². The second-order valence-corrected chi connectivity index (χ2v) is 4.90. The first kappa shape index (κ1) is 14.0. The highest BCUT2D eigenvalue weighted by Crippen LogP contribution is 2.10.